The average Bonchev–Trinajstić information content (AvgIpc) is 2.74. The second-order valence-corrected chi connectivity index (χ2v) is 5.42. The van der Waals surface area contributed by atoms with Crippen molar-refractivity contribution in [1.82, 2.24) is 9.80 Å². The molecule has 0 aromatic rings. The first kappa shape index (κ1) is 16.7. The summed E-state index contributed by atoms with van der Waals surface area (Å²) in [6.07, 6.45) is -1.89. The highest BCUT2D eigenvalue weighted by Crippen LogP contribution is 2.28. The maximum atomic E-state index is 13.1. The van der Waals surface area contributed by atoms with Crippen molar-refractivity contribution in [2.45, 2.75) is 57.4 Å². The summed E-state index contributed by atoms with van der Waals surface area (Å²) >= 11 is 0. The maximum Gasteiger partial charge on any atom is 0.405 e. The van der Waals surface area contributed by atoms with Crippen LogP contribution in [0.15, 0.2) is 0 Å². The number of nitrogens with zero attached hydrogens (tertiary/aromatic N) is 2. The molecular weight excluding hydrogens is 255 g/mol. The van der Waals surface area contributed by atoms with E-state index in [-0.39, 0.29) is 6.04 Å². The van der Waals surface area contributed by atoms with Gasteiger partial charge in [-0.2, -0.15) is 13.2 Å². The lowest BCUT2D eigenvalue weighted by molar-refractivity contribution is -0.187. The molecular formula is C13H26F3N3. The Morgan fingerprint density at radius 2 is 2.00 bits per heavy atom. The minimum atomic E-state index is -4.26. The van der Waals surface area contributed by atoms with E-state index >= 15 is 0 Å². The van der Waals surface area contributed by atoms with E-state index in [1.54, 1.807) is 14.0 Å². The lowest BCUT2D eigenvalue weighted by atomic mass is 10.0. The molecule has 0 spiro atoms. The van der Waals surface area contributed by atoms with Crippen molar-refractivity contribution in [3.63, 3.8) is 0 Å². The predicted octanol–water partition coefficient (Wildman–Crippen LogP) is 2.07. The number of hydrogen-bond acceptors (Lipinski definition) is 3. The largest absolute Gasteiger partial charge is 0.405 e. The molecule has 1 heterocycles. The van der Waals surface area contributed by atoms with Gasteiger partial charge < -0.3 is 5.73 Å². The number of nitrogens with two attached hydrogens (primary N) is 1. The van der Waals surface area contributed by atoms with Crippen LogP contribution in [0.5, 0.6) is 0 Å². The van der Waals surface area contributed by atoms with Crippen molar-refractivity contribution < 1.29 is 13.2 Å². The van der Waals surface area contributed by atoms with E-state index in [1.807, 2.05) is 0 Å². The summed E-state index contributed by atoms with van der Waals surface area (Å²) in [6.45, 7) is 6.08. The Morgan fingerprint density at radius 1 is 1.37 bits per heavy atom. The summed E-state index contributed by atoms with van der Waals surface area (Å²) in [4.78, 5) is 3.65. The van der Waals surface area contributed by atoms with Gasteiger partial charge in [-0.15, -0.1) is 0 Å². The number of likely N-dealkylation sites (tertiary alicyclic amines) is 1. The summed E-state index contributed by atoms with van der Waals surface area (Å²) in [5, 5.41) is 0. The van der Waals surface area contributed by atoms with Gasteiger partial charge in [0, 0.05) is 18.6 Å². The van der Waals surface area contributed by atoms with Gasteiger partial charge in [-0.1, -0.05) is 13.8 Å². The van der Waals surface area contributed by atoms with Gasteiger partial charge in [-0.3, -0.25) is 9.80 Å². The van der Waals surface area contributed by atoms with Crippen LogP contribution in [-0.2, 0) is 0 Å². The molecule has 6 heteroatoms. The molecule has 19 heavy (non-hydrogen) atoms. The lowest BCUT2D eigenvalue weighted by Crippen LogP contribution is -2.56. The first-order valence-electron chi connectivity index (χ1n) is 7.07. The lowest BCUT2D eigenvalue weighted by Gasteiger charge is -2.36. The standard InChI is InChI=1S/C13H26F3N3/c1-4-11(17)12(13(14,15)16)18(3)9-10-7-6-8-19(10)5-2/h10-12H,4-9,17H2,1-3H3. The molecule has 1 saturated heterocycles. The molecule has 0 bridgehead atoms. The first-order chi connectivity index (χ1) is 8.81. The van der Waals surface area contributed by atoms with E-state index in [0.717, 1.165) is 25.9 Å². The highest BCUT2D eigenvalue weighted by atomic mass is 19.4. The van der Waals surface area contributed by atoms with Gasteiger partial charge in [0.2, 0.25) is 0 Å². The molecule has 3 atom stereocenters. The molecule has 1 aliphatic heterocycles. The number of likely N-dealkylation sites (N-methyl/N-ethyl adjacent to an activating group) is 2. The second kappa shape index (κ2) is 6.90. The molecule has 0 saturated carbocycles. The van der Waals surface area contributed by atoms with Gasteiger partial charge in [0.1, 0.15) is 6.04 Å². The molecule has 0 aromatic carbocycles. The Balaban J connectivity index is 2.69. The molecule has 3 unspecified atom stereocenters. The quantitative estimate of drug-likeness (QED) is 0.809. The maximum absolute atomic E-state index is 13.1. The van der Waals surface area contributed by atoms with Gasteiger partial charge in [0.25, 0.3) is 0 Å². The van der Waals surface area contributed by atoms with E-state index in [1.165, 1.54) is 4.90 Å². The minimum Gasteiger partial charge on any atom is -0.326 e. The van der Waals surface area contributed by atoms with Crippen LogP contribution in [0.4, 0.5) is 13.2 Å². The number of halogens is 3. The Bertz CT molecular complexity index is 270. The van der Waals surface area contributed by atoms with Crippen LogP contribution in [0.25, 0.3) is 0 Å². The Hall–Kier alpha value is -0.330. The number of hydrogen-bond donors (Lipinski definition) is 1. The molecule has 1 fully saturated rings. The van der Waals surface area contributed by atoms with Crippen molar-refractivity contribution >= 4 is 0 Å². The monoisotopic (exact) mass is 281 g/mol. The SMILES string of the molecule is CCC(N)C(N(C)CC1CCCN1CC)C(F)(F)F. The molecule has 3 nitrogen and oxygen atoms in total. The molecule has 0 aliphatic carbocycles. The van der Waals surface area contributed by atoms with E-state index in [2.05, 4.69) is 11.8 Å². The summed E-state index contributed by atoms with van der Waals surface area (Å²) in [7, 11) is 1.54. The third-order valence-corrected chi connectivity index (χ3v) is 4.09. The van der Waals surface area contributed by atoms with E-state index in [0.29, 0.717) is 13.0 Å². The smallest absolute Gasteiger partial charge is 0.326 e. The van der Waals surface area contributed by atoms with Crippen molar-refractivity contribution in [1.29, 1.82) is 0 Å². The third-order valence-electron chi connectivity index (χ3n) is 4.09. The molecule has 0 amide bonds. The van der Waals surface area contributed by atoms with Crippen LogP contribution in [0.2, 0.25) is 0 Å². The summed E-state index contributed by atoms with van der Waals surface area (Å²) in [5.74, 6) is 0. The summed E-state index contributed by atoms with van der Waals surface area (Å²) < 4.78 is 39.4. The van der Waals surface area contributed by atoms with Gasteiger partial charge in [0.15, 0.2) is 0 Å². The molecule has 0 radical (unpaired) electrons. The van der Waals surface area contributed by atoms with E-state index in [4.69, 9.17) is 5.73 Å². The predicted molar refractivity (Wildman–Crippen MR) is 71.0 cm³/mol. The molecule has 1 aliphatic rings. The van der Waals surface area contributed by atoms with Crippen LogP contribution in [-0.4, -0.2) is 60.8 Å². The Kier molecular flexibility index (Phi) is 6.08. The second-order valence-electron chi connectivity index (χ2n) is 5.42. The zero-order valence-corrected chi connectivity index (χ0v) is 12.1. The van der Waals surface area contributed by atoms with Crippen LogP contribution in [0.3, 0.4) is 0 Å². The number of rotatable bonds is 6. The fourth-order valence-corrected chi connectivity index (χ4v) is 3.01. The fraction of sp³-hybridized carbons (Fsp3) is 1.00. The van der Waals surface area contributed by atoms with Gasteiger partial charge >= 0.3 is 6.18 Å². The van der Waals surface area contributed by atoms with Gasteiger partial charge in [0.05, 0.1) is 0 Å². The average molecular weight is 281 g/mol. The highest BCUT2D eigenvalue weighted by Gasteiger charge is 2.46. The normalized spacial score (nSPS) is 24.9. The van der Waals surface area contributed by atoms with E-state index in [9.17, 15) is 13.2 Å². The van der Waals surface area contributed by atoms with Gasteiger partial charge in [-0.05, 0) is 39.4 Å². The van der Waals surface area contributed by atoms with Crippen molar-refractivity contribution in [3.8, 4) is 0 Å². The third kappa shape index (κ3) is 4.33. The Morgan fingerprint density at radius 3 is 2.47 bits per heavy atom. The van der Waals surface area contributed by atoms with Crippen molar-refractivity contribution in [3.05, 3.63) is 0 Å². The summed E-state index contributed by atoms with van der Waals surface area (Å²) in [5.41, 5.74) is 5.67. The Labute approximate surface area is 113 Å². The highest BCUT2D eigenvalue weighted by molar-refractivity contribution is 4.89. The molecule has 0 aromatic heterocycles. The van der Waals surface area contributed by atoms with E-state index < -0.39 is 18.3 Å². The zero-order valence-electron chi connectivity index (χ0n) is 12.1. The molecule has 1 rings (SSSR count). The molecule has 2 N–H and O–H groups in total. The number of alkyl halides is 3. The van der Waals surface area contributed by atoms with Gasteiger partial charge in [-0.25, -0.2) is 0 Å². The minimum absolute atomic E-state index is 0.226. The topological polar surface area (TPSA) is 32.5 Å². The zero-order chi connectivity index (χ0) is 14.6. The van der Waals surface area contributed by atoms with Crippen molar-refractivity contribution in [2.75, 3.05) is 26.7 Å². The first-order valence-corrected chi connectivity index (χ1v) is 7.07. The van der Waals surface area contributed by atoms with Crippen LogP contribution >= 0.6 is 0 Å². The van der Waals surface area contributed by atoms with Crippen LogP contribution in [0.1, 0.15) is 33.1 Å². The van der Waals surface area contributed by atoms with Crippen molar-refractivity contribution in [2.24, 2.45) is 5.73 Å². The van der Waals surface area contributed by atoms with Crippen LogP contribution in [0, 0.1) is 0 Å². The fourth-order valence-electron chi connectivity index (χ4n) is 3.01. The summed E-state index contributed by atoms with van der Waals surface area (Å²) in [6, 6.07) is -2.18. The molecule has 114 valence electrons. The van der Waals surface area contributed by atoms with Crippen LogP contribution < -0.4 is 5.73 Å².